The first kappa shape index (κ1) is 15.1. The third-order valence-electron chi connectivity index (χ3n) is 2.62. The minimum absolute atomic E-state index is 0.0544. The molecule has 0 radical (unpaired) electrons. The Morgan fingerprint density at radius 2 is 1.95 bits per heavy atom. The fraction of sp³-hybridized carbons (Fsp3) is 0.429. The Kier molecular flexibility index (Phi) is 4.64. The summed E-state index contributed by atoms with van der Waals surface area (Å²) in [4.78, 5) is 11.7. The van der Waals surface area contributed by atoms with Crippen LogP contribution in [0.1, 0.15) is 26.6 Å². The number of amides is 1. The Morgan fingerprint density at radius 3 is 2.62 bits per heavy atom. The van der Waals surface area contributed by atoms with Crippen LogP contribution < -0.4 is 10.6 Å². The van der Waals surface area contributed by atoms with Gasteiger partial charge in [0.1, 0.15) is 0 Å². The van der Waals surface area contributed by atoms with Crippen molar-refractivity contribution in [3.63, 3.8) is 0 Å². The predicted molar refractivity (Wildman–Crippen MR) is 78.8 cm³/mol. The average molecular weight is 288 g/mol. The van der Waals surface area contributed by atoms with Gasteiger partial charge in [-0.25, -0.2) is 0 Å². The number of aromatic nitrogens is 4. The van der Waals surface area contributed by atoms with Crippen molar-refractivity contribution in [3.8, 4) is 5.69 Å². The van der Waals surface area contributed by atoms with E-state index in [9.17, 15) is 4.79 Å². The highest BCUT2D eigenvalue weighted by Crippen LogP contribution is 2.06. The maximum atomic E-state index is 11.7. The van der Waals surface area contributed by atoms with Crippen LogP contribution in [0.3, 0.4) is 0 Å². The van der Waals surface area contributed by atoms with Gasteiger partial charge in [-0.15, -0.1) is 5.10 Å². The molecule has 2 rings (SSSR count). The van der Waals surface area contributed by atoms with Crippen molar-refractivity contribution in [1.29, 1.82) is 0 Å². The zero-order valence-electron chi connectivity index (χ0n) is 12.5. The van der Waals surface area contributed by atoms with Crippen molar-refractivity contribution in [1.82, 2.24) is 30.8 Å². The summed E-state index contributed by atoms with van der Waals surface area (Å²) < 4.78 is 1.65. The van der Waals surface area contributed by atoms with Gasteiger partial charge in [0.2, 0.25) is 5.91 Å². The highest BCUT2D eigenvalue weighted by molar-refractivity contribution is 5.78. The third kappa shape index (κ3) is 4.64. The van der Waals surface area contributed by atoms with Crippen LogP contribution in [0.4, 0.5) is 0 Å². The van der Waals surface area contributed by atoms with Crippen LogP contribution >= 0.6 is 0 Å². The Labute approximate surface area is 123 Å². The molecule has 1 heterocycles. The molecule has 0 spiro atoms. The molecular weight excluding hydrogens is 268 g/mol. The Morgan fingerprint density at radius 1 is 1.24 bits per heavy atom. The first-order chi connectivity index (χ1) is 9.96. The van der Waals surface area contributed by atoms with Gasteiger partial charge in [0.25, 0.3) is 0 Å². The molecule has 0 fully saturated rings. The van der Waals surface area contributed by atoms with Gasteiger partial charge < -0.3 is 10.6 Å². The second-order valence-electron chi connectivity index (χ2n) is 5.74. The summed E-state index contributed by atoms with van der Waals surface area (Å²) in [6, 6.07) is 9.62. The first-order valence-corrected chi connectivity index (χ1v) is 6.80. The fourth-order valence-electron chi connectivity index (χ4n) is 1.84. The monoisotopic (exact) mass is 288 g/mol. The van der Waals surface area contributed by atoms with Gasteiger partial charge in [-0.2, -0.15) is 4.68 Å². The largest absolute Gasteiger partial charge is 0.350 e. The molecule has 0 bridgehead atoms. The zero-order valence-corrected chi connectivity index (χ0v) is 12.5. The molecule has 112 valence electrons. The molecule has 1 aromatic heterocycles. The summed E-state index contributed by atoms with van der Waals surface area (Å²) in [5.74, 6) is 0.603. The van der Waals surface area contributed by atoms with Crippen molar-refractivity contribution in [2.75, 3.05) is 6.54 Å². The highest BCUT2D eigenvalue weighted by Gasteiger charge is 2.14. The summed E-state index contributed by atoms with van der Waals surface area (Å²) >= 11 is 0. The van der Waals surface area contributed by atoms with E-state index < -0.39 is 0 Å². The van der Waals surface area contributed by atoms with Gasteiger partial charge in [0.05, 0.1) is 18.8 Å². The molecule has 0 saturated carbocycles. The Balaban J connectivity index is 1.91. The Hall–Kier alpha value is -2.28. The standard InChI is InChI=1S/C14H20N6O/c1-14(2,3)16-13(21)10-15-9-12-17-18-19-20(12)11-7-5-4-6-8-11/h4-8,15H,9-10H2,1-3H3,(H,16,21). The topological polar surface area (TPSA) is 84.7 Å². The van der Waals surface area contributed by atoms with E-state index in [1.165, 1.54) is 0 Å². The number of hydrogen-bond acceptors (Lipinski definition) is 5. The van der Waals surface area contributed by atoms with Gasteiger partial charge in [0.15, 0.2) is 5.82 Å². The molecule has 2 N–H and O–H groups in total. The minimum Gasteiger partial charge on any atom is -0.350 e. The number of nitrogens with zero attached hydrogens (tertiary/aromatic N) is 4. The quantitative estimate of drug-likeness (QED) is 0.844. The van der Waals surface area contributed by atoms with E-state index >= 15 is 0 Å². The van der Waals surface area contributed by atoms with Crippen LogP contribution in [0.15, 0.2) is 30.3 Å². The molecular formula is C14H20N6O. The van der Waals surface area contributed by atoms with Crippen LogP contribution in [0.25, 0.3) is 5.69 Å². The van der Waals surface area contributed by atoms with E-state index in [4.69, 9.17) is 0 Å². The summed E-state index contributed by atoms with van der Waals surface area (Å²) in [5.41, 5.74) is 0.656. The zero-order chi connectivity index (χ0) is 15.3. The van der Waals surface area contributed by atoms with E-state index in [0.717, 1.165) is 5.69 Å². The van der Waals surface area contributed by atoms with Crippen LogP contribution in [0, 0.1) is 0 Å². The number of carbonyl (C=O) groups excluding carboxylic acids is 1. The van der Waals surface area contributed by atoms with Crippen molar-refractivity contribution in [2.45, 2.75) is 32.9 Å². The predicted octanol–water partition coefficient (Wildman–Crippen LogP) is 0.667. The molecule has 7 heteroatoms. The van der Waals surface area contributed by atoms with E-state index in [0.29, 0.717) is 12.4 Å². The molecule has 0 unspecified atom stereocenters. The minimum atomic E-state index is -0.232. The molecule has 1 aromatic carbocycles. The van der Waals surface area contributed by atoms with Crippen LogP contribution in [-0.4, -0.2) is 38.2 Å². The van der Waals surface area contributed by atoms with Crippen LogP contribution in [-0.2, 0) is 11.3 Å². The number of benzene rings is 1. The highest BCUT2D eigenvalue weighted by atomic mass is 16.2. The number of tetrazole rings is 1. The maximum Gasteiger partial charge on any atom is 0.234 e. The maximum absolute atomic E-state index is 11.7. The SMILES string of the molecule is CC(C)(C)NC(=O)CNCc1nnnn1-c1ccccc1. The number of para-hydroxylation sites is 1. The third-order valence-corrected chi connectivity index (χ3v) is 2.62. The van der Waals surface area contributed by atoms with Crippen molar-refractivity contribution in [2.24, 2.45) is 0 Å². The lowest BCUT2D eigenvalue weighted by Gasteiger charge is -2.20. The smallest absolute Gasteiger partial charge is 0.234 e. The van der Waals surface area contributed by atoms with Gasteiger partial charge in [-0.1, -0.05) is 18.2 Å². The normalized spacial score (nSPS) is 11.4. The molecule has 21 heavy (non-hydrogen) atoms. The molecule has 0 aliphatic heterocycles. The Bertz CT molecular complexity index is 587. The molecule has 0 aliphatic rings. The van der Waals surface area contributed by atoms with E-state index in [1.807, 2.05) is 51.1 Å². The van der Waals surface area contributed by atoms with Crippen molar-refractivity contribution < 1.29 is 4.79 Å². The molecule has 0 aliphatic carbocycles. The first-order valence-electron chi connectivity index (χ1n) is 6.80. The summed E-state index contributed by atoms with van der Waals surface area (Å²) in [7, 11) is 0. The van der Waals surface area contributed by atoms with Gasteiger partial charge in [0, 0.05) is 5.54 Å². The lowest BCUT2D eigenvalue weighted by Crippen LogP contribution is -2.44. The molecule has 7 nitrogen and oxygen atoms in total. The van der Waals surface area contributed by atoms with E-state index in [-0.39, 0.29) is 18.0 Å². The lowest BCUT2D eigenvalue weighted by atomic mass is 10.1. The second-order valence-corrected chi connectivity index (χ2v) is 5.74. The van der Waals surface area contributed by atoms with E-state index in [2.05, 4.69) is 26.2 Å². The molecule has 0 atom stereocenters. The summed E-state index contributed by atoms with van der Waals surface area (Å²) in [5, 5.41) is 17.5. The number of hydrogen-bond donors (Lipinski definition) is 2. The molecule has 1 amide bonds. The van der Waals surface area contributed by atoms with Gasteiger partial charge in [-0.3, -0.25) is 4.79 Å². The summed E-state index contributed by atoms with van der Waals surface area (Å²) in [6.45, 7) is 6.47. The van der Waals surface area contributed by atoms with Crippen LogP contribution in [0.5, 0.6) is 0 Å². The number of rotatable bonds is 5. The lowest BCUT2D eigenvalue weighted by molar-refractivity contribution is -0.121. The van der Waals surface area contributed by atoms with Crippen molar-refractivity contribution >= 4 is 5.91 Å². The van der Waals surface area contributed by atoms with Crippen LogP contribution in [0.2, 0.25) is 0 Å². The number of carbonyl (C=O) groups is 1. The van der Waals surface area contributed by atoms with Crippen molar-refractivity contribution in [3.05, 3.63) is 36.2 Å². The second kappa shape index (κ2) is 6.45. The van der Waals surface area contributed by atoms with Gasteiger partial charge >= 0.3 is 0 Å². The fourth-order valence-corrected chi connectivity index (χ4v) is 1.84. The molecule has 2 aromatic rings. The molecule has 0 saturated heterocycles. The van der Waals surface area contributed by atoms with Gasteiger partial charge in [-0.05, 0) is 43.3 Å². The average Bonchev–Trinajstić information content (AvgIpc) is 2.86. The summed E-state index contributed by atoms with van der Waals surface area (Å²) in [6.07, 6.45) is 0. The number of nitrogens with one attached hydrogen (secondary N) is 2. The van der Waals surface area contributed by atoms with E-state index in [1.54, 1.807) is 4.68 Å².